The lowest BCUT2D eigenvalue weighted by atomic mass is 9.84. The van der Waals surface area contributed by atoms with E-state index in [0.717, 1.165) is 24.0 Å². The van der Waals surface area contributed by atoms with Crippen LogP contribution in [-0.4, -0.2) is 48.3 Å². The highest BCUT2D eigenvalue weighted by Crippen LogP contribution is 2.43. The average Bonchev–Trinajstić information content (AvgIpc) is 3.98. The van der Waals surface area contributed by atoms with E-state index in [4.69, 9.17) is 9.47 Å². The van der Waals surface area contributed by atoms with E-state index in [9.17, 15) is 31.2 Å². The monoisotopic (exact) mass is 875 g/mol. The fourth-order valence-corrected chi connectivity index (χ4v) is 8.55. The van der Waals surface area contributed by atoms with Crippen LogP contribution in [0.25, 0.3) is 0 Å². The third-order valence-electron chi connectivity index (χ3n) is 9.33. The second kappa shape index (κ2) is 16.9. The molecule has 15 heteroatoms. The van der Waals surface area contributed by atoms with E-state index in [-0.39, 0.29) is 35.6 Å². The van der Waals surface area contributed by atoms with E-state index in [0.29, 0.717) is 26.9 Å². The van der Waals surface area contributed by atoms with Crippen LogP contribution in [0, 0.1) is 30.2 Å². The van der Waals surface area contributed by atoms with Gasteiger partial charge in [-0.05, 0) is 127 Å². The van der Waals surface area contributed by atoms with Crippen LogP contribution in [0.15, 0.2) is 64.2 Å². The van der Waals surface area contributed by atoms with Gasteiger partial charge in [-0.1, -0.05) is 39.0 Å². The van der Waals surface area contributed by atoms with Gasteiger partial charge in [0.15, 0.2) is 23.3 Å². The molecule has 1 aliphatic carbocycles. The average molecular weight is 877 g/mol. The first-order valence-corrected chi connectivity index (χ1v) is 20.6. The SMILES string of the molecule is CCOc1cc(C(=O)OC(C)(C)C)ccc1N(Cc1cc(C2CC2)cc(C(C)(C)C)c1)C(=O)CN(Cc1cnccc1C)S(=O)(=O)c1c(F)c(F)c(F)c(F)c1Br. The molecule has 5 rings (SSSR count). The number of rotatable bonds is 13. The largest absolute Gasteiger partial charge is 0.492 e. The van der Waals surface area contributed by atoms with Gasteiger partial charge < -0.3 is 14.4 Å². The quantitative estimate of drug-likeness (QED) is 0.0570. The topological polar surface area (TPSA) is 106 Å². The fraction of sp³-hybridized carbons (Fsp3) is 0.405. The van der Waals surface area contributed by atoms with Crippen molar-refractivity contribution in [1.82, 2.24) is 9.29 Å². The number of hydrogen-bond acceptors (Lipinski definition) is 7. The van der Waals surface area contributed by atoms with E-state index < -0.39 is 73.2 Å². The Balaban J connectivity index is 1.69. The van der Waals surface area contributed by atoms with E-state index in [2.05, 4.69) is 47.8 Å². The number of esters is 1. The van der Waals surface area contributed by atoms with Crippen LogP contribution in [-0.2, 0) is 38.1 Å². The maximum absolute atomic E-state index is 15.4. The van der Waals surface area contributed by atoms with Gasteiger partial charge in [0.1, 0.15) is 16.2 Å². The molecule has 0 unspecified atom stereocenters. The molecule has 57 heavy (non-hydrogen) atoms. The molecule has 0 aliphatic heterocycles. The van der Waals surface area contributed by atoms with E-state index in [1.54, 1.807) is 40.7 Å². The minimum absolute atomic E-state index is 0.105. The Morgan fingerprint density at radius 3 is 2.18 bits per heavy atom. The summed E-state index contributed by atoms with van der Waals surface area (Å²) >= 11 is 2.62. The highest BCUT2D eigenvalue weighted by Gasteiger charge is 2.38. The lowest BCUT2D eigenvalue weighted by molar-refractivity contribution is -0.119. The second-order valence-corrected chi connectivity index (χ2v) is 18.7. The van der Waals surface area contributed by atoms with Gasteiger partial charge in [0, 0.05) is 18.9 Å². The Morgan fingerprint density at radius 2 is 1.58 bits per heavy atom. The molecule has 1 amide bonds. The Bertz CT molecular complexity index is 2280. The Kier molecular flexibility index (Phi) is 13.0. The summed E-state index contributed by atoms with van der Waals surface area (Å²) < 4.78 is 98.8. The lowest BCUT2D eigenvalue weighted by Crippen LogP contribution is -2.43. The van der Waals surface area contributed by atoms with Gasteiger partial charge in [-0.25, -0.2) is 30.8 Å². The summed E-state index contributed by atoms with van der Waals surface area (Å²) in [7, 11) is -5.32. The van der Waals surface area contributed by atoms with Crippen LogP contribution in [0.5, 0.6) is 5.75 Å². The standard InChI is InChI=1S/C42H46BrF4N3O6S/c1-9-55-32-19-27(40(52)56-42(6,7)8)12-13-31(32)50(21-25-16-28(26-10-11-26)18-30(17-25)41(3,4)5)33(51)23-49(22-29-20-48-15-14-24(29)2)57(53,54)39-34(43)35(44)36(45)37(46)38(39)47/h12-20,26H,9-11,21-23H2,1-8H3. The number of nitrogens with zero attached hydrogens (tertiary/aromatic N) is 3. The molecule has 3 aromatic carbocycles. The summed E-state index contributed by atoms with van der Waals surface area (Å²) in [5.74, 6) is -9.72. The molecule has 1 aliphatic rings. The molecular formula is C42H46BrF4N3O6S. The number of aryl methyl sites for hydroxylation is 1. The number of pyridine rings is 1. The number of amides is 1. The van der Waals surface area contributed by atoms with Crippen molar-refractivity contribution >= 4 is 43.5 Å². The van der Waals surface area contributed by atoms with Gasteiger partial charge in [0.2, 0.25) is 15.9 Å². The first-order valence-electron chi connectivity index (χ1n) is 18.4. The summed E-state index contributed by atoms with van der Waals surface area (Å²) in [6, 6.07) is 12.1. The zero-order chi connectivity index (χ0) is 42.2. The predicted octanol–water partition coefficient (Wildman–Crippen LogP) is 9.66. The smallest absolute Gasteiger partial charge is 0.338 e. The minimum atomic E-state index is -5.32. The Hall–Kier alpha value is -4.34. The molecule has 1 aromatic heterocycles. The van der Waals surface area contributed by atoms with Gasteiger partial charge in [-0.3, -0.25) is 9.78 Å². The van der Waals surface area contributed by atoms with Gasteiger partial charge in [0.25, 0.3) is 0 Å². The summed E-state index contributed by atoms with van der Waals surface area (Å²) in [5, 5.41) is 0. The van der Waals surface area contributed by atoms with Gasteiger partial charge >= 0.3 is 5.97 Å². The molecule has 0 radical (unpaired) electrons. The van der Waals surface area contributed by atoms with E-state index >= 15 is 4.39 Å². The molecular weight excluding hydrogens is 830 g/mol. The van der Waals surface area contributed by atoms with Crippen LogP contribution in [0.2, 0.25) is 0 Å². The number of ether oxygens (including phenoxy) is 2. The van der Waals surface area contributed by atoms with Crippen molar-refractivity contribution in [2.24, 2.45) is 0 Å². The highest BCUT2D eigenvalue weighted by atomic mass is 79.9. The maximum atomic E-state index is 15.4. The number of aromatic nitrogens is 1. The van der Waals surface area contributed by atoms with Crippen LogP contribution in [0.1, 0.15) is 105 Å². The van der Waals surface area contributed by atoms with Crippen LogP contribution < -0.4 is 9.64 Å². The number of sulfonamides is 1. The van der Waals surface area contributed by atoms with Crippen molar-refractivity contribution in [1.29, 1.82) is 0 Å². The zero-order valence-electron chi connectivity index (χ0n) is 33.1. The predicted molar refractivity (Wildman–Crippen MR) is 212 cm³/mol. The third kappa shape index (κ3) is 10.0. The summed E-state index contributed by atoms with van der Waals surface area (Å²) in [6.45, 7) is 13.2. The summed E-state index contributed by atoms with van der Waals surface area (Å²) in [6.07, 6.45) is 4.82. The van der Waals surface area contributed by atoms with Crippen LogP contribution in [0.4, 0.5) is 23.2 Å². The Morgan fingerprint density at radius 1 is 0.912 bits per heavy atom. The summed E-state index contributed by atoms with van der Waals surface area (Å²) in [4.78, 5) is 31.8. The molecule has 9 nitrogen and oxygen atoms in total. The first-order chi connectivity index (χ1) is 26.5. The fourth-order valence-electron chi connectivity index (χ4n) is 6.11. The van der Waals surface area contributed by atoms with Gasteiger partial charge in [-0.2, -0.15) is 4.31 Å². The molecule has 0 atom stereocenters. The van der Waals surface area contributed by atoms with Crippen molar-refractivity contribution in [3.05, 3.63) is 116 Å². The number of carbonyl (C=O) groups is 2. The Labute approximate surface area is 339 Å². The lowest BCUT2D eigenvalue weighted by Gasteiger charge is -2.30. The molecule has 0 saturated heterocycles. The molecule has 4 aromatic rings. The number of hydrogen-bond donors (Lipinski definition) is 0. The molecule has 1 saturated carbocycles. The van der Waals surface area contributed by atoms with Gasteiger partial charge in [-0.15, -0.1) is 0 Å². The van der Waals surface area contributed by atoms with Crippen molar-refractivity contribution in [3.63, 3.8) is 0 Å². The normalized spacial score (nSPS) is 13.5. The number of benzene rings is 3. The summed E-state index contributed by atoms with van der Waals surface area (Å²) in [5.41, 5.74) is 2.87. The third-order valence-corrected chi connectivity index (χ3v) is 12.2. The number of anilines is 1. The number of halogens is 5. The van der Waals surface area contributed by atoms with E-state index in [1.807, 2.05) is 12.1 Å². The second-order valence-electron chi connectivity index (χ2n) is 16.1. The van der Waals surface area contributed by atoms with Crippen LogP contribution in [0.3, 0.4) is 0 Å². The van der Waals surface area contributed by atoms with E-state index in [1.165, 1.54) is 35.5 Å². The molecule has 306 valence electrons. The molecule has 0 N–H and O–H groups in total. The van der Waals surface area contributed by atoms with Gasteiger partial charge in [0.05, 0.1) is 35.4 Å². The molecule has 0 bridgehead atoms. The molecule has 1 fully saturated rings. The number of carbonyl (C=O) groups excluding carboxylic acids is 2. The minimum Gasteiger partial charge on any atom is -0.492 e. The molecule has 0 spiro atoms. The van der Waals surface area contributed by atoms with Crippen molar-refractivity contribution in [2.75, 3.05) is 18.1 Å². The van der Waals surface area contributed by atoms with Crippen molar-refractivity contribution < 1.29 is 45.0 Å². The van der Waals surface area contributed by atoms with Crippen LogP contribution >= 0.6 is 15.9 Å². The zero-order valence-corrected chi connectivity index (χ0v) is 35.5. The van der Waals surface area contributed by atoms with Crippen molar-refractivity contribution in [2.45, 2.75) is 103 Å². The molecule has 1 heterocycles. The highest BCUT2D eigenvalue weighted by molar-refractivity contribution is 9.10. The maximum Gasteiger partial charge on any atom is 0.338 e. The first kappa shape index (κ1) is 43.8. The van der Waals surface area contributed by atoms with Crippen molar-refractivity contribution in [3.8, 4) is 5.75 Å².